The summed E-state index contributed by atoms with van der Waals surface area (Å²) in [4.78, 5) is 28.1. The number of hydrogen-bond donors (Lipinski definition) is 3. The van der Waals surface area contributed by atoms with Crippen molar-refractivity contribution < 1.29 is 20.0 Å². The second-order valence-corrected chi connectivity index (χ2v) is 3.86. The van der Waals surface area contributed by atoms with Gasteiger partial charge in [0.1, 0.15) is 11.3 Å². The minimum absolute atomic E-state index is 0.0906. The maximum absolute atomic E-state index is 12.0. The smallest absolute Gasteiger partial charge is 0.278 e. The van der Waals surface area contributed by atoms with Gasteiger partial charge >= 0.3 is 0 Å². The van der Waals surface area contributed by atoms with Crippen molar-refractivity contribution in [2.45, 2.75) is 12.8 Å². The number of aliphatic hydroxyl groups excluding tert-OH is 1. The average molecular weight is 237 g/mol. The van der Waals surface area contributed by atoms with Gasteiger partial charge in [0.2, 0.25) is 5.91 Å². The molecule has 2 heterocycles. The molecule has 1 aromatic rings. The lowest BCUT2D eigenvalue weighted by Gasteiger charge is -2.27. The predicted molar refractivity (Wildman–Crippen MR) is 56.8 cm³/mol. The van der Waals surface area contributed by atoms with Crippen molar-refractivity contribution in [2.75, 3.05) is 7.05 Å². The van der Waals surface area contributed by atoms with Gasteiger partial charge in [-0.25, -0.2) is 0 Å². The summed E-state index contributed by atoms with van der Waals surface area (Å²) in [6.45, 7) is 0. The molecule has 17 heavy (non-hydrogen) atoms. The van der Waals surface area contributed by atoms with Crippen molar-refractivity contribution in [1.29, 1.82) is 0 Å². The predicted octanol–water partition coefficient (Wildman–Crippen LogP) is -2.33. The summed E-state index contributed by atoms with van der Waals surface area (Å²) in [7, 11) is 1.48. The van der Waals surface area contributed by atoms with Gasteiger partial charge in [0.05, 0.1) is 12.1 Å². The molecule has 0 saturated heterocycles. The van der Waals surface area contributed by atoms with Gasteiger partial charge in [-0.1, -0.05) is 0 Å². The number of carbonyl (C=O) groups excluding carboxylic acids is 2. The molecule has 0 aromatic carbocycles. The second kappa shape index (κ2) is 4.11. The van der Waals surface area contributed by atoms with Crippen LogP contribution in [0.1, 0.15) is 16.1 Å². The van der Waals surface area contributed by atoms with E-state index < -0.39 is 12.3 Å². The zero-order valence-corrected chi connectivity index (χ0v) is 9.25. The van der Waals surface area contributed by atoms with Crippen molar-refractivity contribution in [3.63, 3.8) is 0 Å². The lowest BCUT2D eigenvalue weighted by atomic mass is 10.1. The van der Waals surface area contributed by atoms with Gasteiger partial charge in [-0.05, 0) is 0 Å². The molecule has 0 spiro atoms. The Kier molecular flexibility index (Phi) is 2.78. The molecule has 7 heteroatoms. The number of amides is 2. The third-order valence-electron chi connectivity index (χ3n) is 2.66. The van der Waals surface area contributed by atoms with Crippen LogP contribution < -0.4 is 11.1 Å². The molecule has 5 N–H and O–H groups in total. The van der Waals surface area contributed by atoms with Crippen LogP contribution in [0.2, 0.25) is 0 Å². The van der Waals surface area contributed by atoms with Gasteiger partial charge in [0, 0.05) is 19.3 Å². The van der Waals surface area contributed by atoms with E-state index in [2.05, 4.69) is 4.98 Å². The van der Waals surface area contributed by atoms with Crippen LogP contribution in [0.4, 0.5) is 5.69 Å². The highest BCUT2D eigenvalue weighted by Gasteiger charge is 2.34. The molecule has 1 aliphatic rings. The first-order chi connectivity index (χ1) is 8.00. The van der Waals surface area contributed by atoms with E-state index in [1.54, 1.807) is 6.07 Å². The van der Waals surface area contributed by atoms with E-state index >= 15 is 0 Å². The monoisotopic (exact) mass is 237 g/mol. The first kappa shape index (κ1) is 11.5. The molecule has 0 bridgehead atoms. The molecule has 2 amide bonds. The van der Waals surface area contributed by atoms with Crippen molar-refractivity contribution in [3.8, 4) is 0 Å². The van der Waals surface area contributed by atoms with E-state index in [9.17, 15) is 14.7 Å². The SMILES string of the molecule is CN1C(=O)c2c(ccnc2CC(N)=O)[NH2+]C1O. The number of nitrogens with zero attached hydrogens (tertiary/aromatic N) is 2. The largest absolute Gasteiger partial charge is 0.369 e. The number of aliphatic hydroxyl groups is 1. The number of rotatable bonds is 2. The van der Waals surface area contributed by atoms with Crippen LogP contribution in [-0.2, 0) is 11.2 Å². The molecule has 0 saturated carbocycles. The minimum atomic E-state index is -0.959. The zero-order chi connectivity index (χ0) is 12.6. The van der Waals surface area contributed by atoms with Crippen LogP contribution in [0.3, 0.4) is 0 Å². The van der Waals surface area contributed by atoms with E-state index in [4.69, 9.17) is 5.73 Å². The Morgan fingerprint density at radius 3 is 3.06 bits per heavy atom. The summed E-state index contributed by atoms with van der Waals surface area (Å²) in [6.07, 6.45) is 0.435. The first-order valence-electron chi connectivity index (χ1n) is 5.07. The van der Waals surface area contributed by atoms with Gasteiger partial charge in [-0.3, -0.25) is 24.8 Å². The Bertz CT molecular complexity index is 488. The van der Waals surface area contributed by atoms with Crippen LogP contribution in [-0.4, -0.2) is 40.2 Å². The van der Waals surface area contributed by atoms with Gasteiger partial charge in [0.15, 0.2) is 0 Å². The lowest BCUT2D eigenvalue weighted by Crippen LogP contribution is -2.91. The standard InChI is InChI=1S/C10H12N4O3/c1-14-9(16)8-5(13-10(14)17)2-3-12-6(8)4-7(11)15/h2-3,10,13,17H,4H2,1H3,(H2,11,15)/p+1. The third-order valence-corrected chi connectivity index (χ3v) is 2.66. The van der Waals surface area contributed by atoms with E-state index in [0.29, 0.717) is 16.9 Å². The van der Waals surface area contributed by atoms with Crippen LogP contribution in [0.5, 0.6) is 0 Å². The molecule has 1 atom stereocenters. The Hall–Kier alpha value is -1.99. The van der Waals surface area contributed by atoms with Crippen LogP contribution in [0.15, 0.2) is 12.3 Å². The molecule has 2 rings (SSSR count). The maximum atomic E-state index is 12.0. The molecule has 1 aromatic heterocycles. The van der Waals surface area contributed by atoms with E-state index in [0.717, 1.165) is 0 Å². The van der Waals surface area contributed by atoms with Crippen molar-refractivity contribution in [3.05, 3.63) is 23.5 Å². The number of primary amides is 1. The minimum Gasteiger partial charge on any atom is -0.369 e. The number of nitrogens with two attached hydrogens (primary N) is 2. The fourth-order valence-corrected chi connectivity index (χ4v) is 1.78. The molecule has 0 fully saturated rings. The zero-order valence-electron chi connectivity index (χ0n) is 9.25. The summed E-state index contributed by atoms with van der Waals surface area (Å²) in [5.74, 6) is -0.910. The molecule has 1 aliphatic heterocycles. The van der Waals surface area contributed by atoms with Crippen molar-refractivity contribution in [2.24, 2.45) is 5.73 Å². The highest BCUT2D eigenvalue weighted by atomic mass is 16.3. The highest BCUT2D eigenvalue weighted by molar-refractivity contribution is 6.00. The maximum Gasteiger partial charge on any atom is 0.278 e. The molecule has 90 valence electrons. The lowest BCUT2D eigenvalue weighted by molar-refractivity contribution is -0.676. The van der Waals surface area contributed by atoms with Crippen LogP contribution in [0.25, 0.3) is 0 Å². The number of pyridine rings is 1. The van der Waals surface area contributed by atoms with Crippen LogP contribution >= 0.6 is 0 Å². The number of carbonyl (C=O) groups is 2. The Morgan fingerprint density at radius 2 is 2.41 bits per heavy atom. The molecule has 1 unspecified atom stereocenters. The number of hydrogen-bond acceptors (Lipinski definition) is 4. The fourth-order valence-electron chi connectivity index (χ4n) is 1.78. The number of aromatic nitrogens is 1. The highest BCUT2D eigenvalue weighted by Crippen LogP contribution is 2.19. The summed E-state index contributed by atoms with van der Waals surface area (Å²) in [6, 6.07) is 1.62. The summed E-state index contributed by atoms with van der Waals surface area (Å²) >= 11 is 0. The Labute approximate surface area is 97.2 Å². The normalized spacial score (nSPS) is 19.1. The fraction of sp³-hybridized carbons (Fsp3) is 0.300. The summed E-state index contributed by atoms with van der Waals surface area (Å²) < 4.78 is 0. The third kappa shape index (κ3) is 1.97. The molecule has 7 nitrogen and oxygen atoms in total. The topological polar surface area (TPSA) is 113 Å². The quantitative estimate of drug-likeness (QED) is 0.535. The molecule has 0 radical (unpaired) electrons. The van der Waals surface area contributed by atoms with E-state index in [-0.39, 0.29) is 12.3 Å². The Morgan fingerprint density at radius 1 is 1.71 bits per heavy atom. The summed E-state index contributed by atoms with van der Waals surface area (Å²) in [5.41, 5.74) is 6.35. The van der Waals surface area contributed by atoms with E-state index in [1.807, 2.05) is 0 Å². The first-order valence-corrected chi connectivity index (χ1v) is 5.07. The van der Waals surface area contributed by atoms with Gasteiger partial charge in [-0.15, -0.1) is 0 Å². The summed E-state index contributed by atoms with van der Waals surface area (Å²) in [5, 5.41) is 11.1. The molecular weight excluding hydrogens is 224 g/mol. The van der Waals surface area contributed by atoms with E-state index in [1.165, 1.54) is 23.5 Å². The number of fused-ring (bicyclic) bond motifs is 1. The van der Waals surface area contributed by atoms with Crippen molar-refractivity contribution >= 4 is 17.5 Å². The van der Waals surface area contributed by atoms with Gasteiger partial charge < -0.3 is 10.8 Å². The van der Waals surface area contributed by atoms with Crippen LogP contribution in [0, 0.1) is 0 Å². The second-order valence-electron chi connectivity index (χ2n) is 3.86. The van der Waals surface area contributed by atoms with Crippen molar-refractivity contribution in [1.82, 2.24) is 9.88 Å². The van der Waals surface area contributed by atoms with Gasteiger partial charge in [-0.2, -0.15) is 0 Å². The number of quaternary nitrogens is 1. The van der Waals surface area contributed by atoms with Gasteiger partial charge in [0.25, 0.3) is 12.3 Å². The molecular formula is C10H13N4O3+. The Balaban J connectivity index is 2.50. The average Bonchev–Trinajstić information content (AvgIpc) is 2.25. The molecule has 0 aliphatic carbocycles.